The first-order valence-electron chi connectivity index (χ1n) is 12.1. The van der Waals surface area contributed by atoms with Gasteiger partial charge in [-0.15, -0.1) is 0 Å². The molecule has 0 spiro atoms. The second-order valence-electron chi connectivity index (χ2n) is 9.37. The van der Waals surface area contributed by atoms with Gasteiger partial charge >= 0.3 is 0 Å². The van der Waals surface area contributed by atoms with Crippen LogP contribution in [0.2, 0.25) is 0 Å². The molecule has 2 aromatic carbocycles. The van der Waals surface area contributed by atoms with Gasteiger partial charge in [-0.25, -0.2) is 0 Å². The smallest absolute Gasteiger partial charge is 0.261 e. The third-order valence-corrected chi connectivity index (χ3v) is 7.23. The summed E-state index contributed by atoms with van der Waals surface area (Å²) in [6.45, 7) is 0.529. The molecule has 1 fully saturated rings. The topological polar surface area (TPSA) is 58.6 Å². The van der Waals surface area contributed by atoms with Crippen molar-refractivity contribution in [2.75, 3.05) is 13.2 Å². The Morgan fingerprint density at radius 1 is 1.06 bits per heavy atom. The van der Waals surface area contributed by atoms with Gasteiger partial charge in [0.2, 0.25) is 5.91 Å². The first-order valence-corrected chi connectivity index (χ1v) is 12.1. The van der Waals surface area contributed by atoms with E-state index in [9.17, 15) is 9.59 Å². The van der Waals surface area contributed by atoms with E-state index in [1.165, 1.54) is 6.42 Å². The van der Waals surface area contributed by atoms with Crippen molar-refractivity contribution in [2.45, 2.75) is 63.5 Å². The maximum atomic E-state index is 13.7. The quantitative estimate of drug-likeness (QED) is 0.683. The van der Waals surface area contributed by atoms with Gasteiger partial charge in [0.05, 0.1) is 0 Å². The summed E-state index contributed by atoms with van der Waals surface area (Å²) in [6, 6.07) is 11.5. The van der Waals surface area contributed by atoms with Gasteiger partial charge in [0.15, 0.2) is 6.61 Å². The molecule has 3 aliphatic rings. The number of carbonyl (C=O) groups excluding carboxylic acids is 2. The zero-order chi connectivity index (χ0) is 21.9. The normalized spacial score (nSPS) is 23.6. The lowest BCUT2D eigenvalue weighted by Crippen LogP contribution is -2.46. The molecule has 2 unspecified atom stereocenters. The van der Waals surface area contributed by atoms with E-state index in [1.54, 1.807) is 4.90 Å². The van der Waals surface area contributed by atoms with E-state index in [1.807, 2.05) is 36.4 Å². The molecule has 2 aromatic rings. The average Bonchev–Trinajstić information content (AvgIpc) is 3.28. The number of nitrogens with one attached hydrogen (secondary N) is 1. The summed E-state index contributed by atoms with van der Waals surface area (Å²) in [4.78, 5) is 28.8. The van der Waals surface area contributed by atoms with Crippen molar-refractivity contribution in [2.24, 2.45) is 5.92 Å². The third-order valence-electron chi connectivity index (χ3n) is 7.23. The van der Waals surface area contributed by atoms with Crippen molar-refractivity contribution >= 4 is 22.6 Å². The van der Waals surface area contributed by atoms with Crippen LogP contribution < -0.4 is 10.1 Å². The summed E-state index contributed by atoms with van der Waals surface area (Å²) in [5, 5.41) is 5.30. The molecule has 1 heterocycles. The molecule has 1 N–H and O–H groups in total. The van der Waals surface area contributed by atoms with Crippen LogP contribution in [0.25, 0.3) is 10.8 Å². The fraction of sp³-hybridized carbons (Fsp3) is 0.481. The molecular formula is C27H32N2O3. The lowest BCUT2D eigenvalue weighted by molar-refractivity contribution is -0.141. The van der Waals surface area contributed by atoms with Crippen LogP contribution in [0.3, 0.4) is 0 Å². The van der Waals surface area contributed by atoms with Gasteiger partial charge in [-0.05, 0) is 61.3 Å². The number of rotatable bonds is 5. The van der Waals surface area contributed by atoms with Gasteiger partial charge in [0.25, 0.3) is 5.91 Å². The Morgan fingerprint density at radius 3 is 2.72 bits per heavy atom. The van der Waals surface area contributed by atoms with Crippen LogP contribution in [0.4, 0.5) is 0 Å². The van der Waals surface area contributed by atoms with Crippen LogP contribution in [-0.2, 0) is 9.59 Å². The van der Waals surface area contributed by atoms with Crippen LogP contribution in [0.1, 0.15) is 63.0 Å². The highest BCUT2D eigenvalue weighted by Gasteiger charge is 2.38. The Hall–Kier alpha value is -2.82. The number of hydrogen-bond donors (Lipinski definition) is 1. The van der Waals surface area contributed by atoms with Crippen LogP contribution in [0.15, 0.2) is 48.6 Å². The van der Waals surface area contributed by atoms with E-state index in [4.69, 9.17) is 4.74 Å². The number of fused-ring (bicyclic) bond motifs is 3. The molecule has 2 atom stereocenters. The predicted molar refractivity (Wildman–Crippen MR) is 125 cm³/mol. The molecular weight excluding hydrogens is 400 g/mol. The van der Waals surface area contributed by atoms with E-state index < -0.39 is 6.04 Å². The van der Waals surface area contributed by atoms with Gasteiger partial charge in [-0.2, -0.15) is 0 Å². The second-order valence-corrected chi connectivity index (χ2v) is 9.37. The van der Waals surface area contributed by atoms with Gasteiger partial charge in [-0.3, -0.25) is 9.59 Å². The lowest BCUT2D eigenvalue weighted by atomic mass is 9.91. The minimum atomic E-state index is -0.667. The van der Waals surface area contributed by atoms with Crippen molar-refractivity contribution < 1.29 is 14.3 Å². The predicted octanol–water partition coefficient (Wildman–Crippen LogP) is 4.91. The number of hydrogen-bond acceptors (Lipinski definition) is 3. The number of benzene rings is 2. The minimum Gasteiger partial charge on any atom is -0.483 e. The highest BCUT2D eigenvalue weighted by Crippen LogP contribution is 2.39. The van der Waals surface area contributed by atoms with Crippen molar-refractivity contribution in [1.29, 1.82) is 0 Å². The molecule has 0 aromatic heterocycles. The fourth-order valence-electron chi connectivity index (χ4n) is 5.51. The maximum absolute atomic E-state index is 13.7. The summed E-state index contributed by atoms with van der Waals surface area (Å²) < 4.78 is 5.96. The standard InChI is InChI=1S/C27H32N2O3/c30-24-18-32-23-15-14-20-10-4-7-13-22(20)25(23)26(27(31)28-21-11-5-6-12-21)29(24)17-16-19-8-2-1-3-9-19/h2,4,7-8,10,13-15,19,21,26H,1,3,5-6,9,11-12,16-18H2,(H,28,31). The van der Waals surface area contributed by atoms with Crippen molar-refractivity contribution in [1.82, 2.24) is 10.2 Å². The third kappa shape index (κ3) is 4.25. The molecule has 2 aliphatic carbocycles. The average molecular weight is 433 g/mol. The highest BCUT2D eigenvalue weighted by molar-refractivity contribution is 5.97. The molecule has 0 saturated heterocycles. The maximum Gasteiger partial charge on any atom is 0.261 e. The number of amides is 2. The monoisotopic (exact) mass is 432 g/mol. The summed E-state index contributed by atoms with van der Waals surface area (Å²) in [5.41, 5.74) is 0.823. The van der Waals surface area contributed by atoms with E-state index >= 15 is 0 Å². The Labute approximate surface area is 189 Å². The number of nitrogens with zero attached hydrogens (tertiary/aromatic N) is 1. The largest absolute Gasteiger partial charge is 0.483 e. The Balaban J connectivity index is 1.53. The van der Waals surface area contributed by atoms with Crippen LogP contribution >= 0.6 is 0 Å². The fourth-order valence-corrected chi connectivity index (χ4v) is 5.51. The minimum absolute atomic E-state index is 0.0287. The van der Waals surface area contributed by atoms with Gasteiger partial charge in [0, 0.05) is 18.2 Å². The van der Waals surface area contributed by atoms with Crippen molar-refractivity contribution in [3.05, 3.63) is 54.1 Å². The lowest BCUT2D eigenvalue weighted by Gasteiger charge is -2.32. The Kier molecular flexibility index (Phi) is 6.15. The molecule has 2 amide bonds. The molecule has 5 heteroatoms. The summed E-state index contributed by atoms with van der Waals surface area (Å²) in [6.07, 6.45) is 13.2. The van der Waals surface area contributed by atoms with E-state index in [2.05, 4.69) is 17.5 Å². The molecule has 1 saturated carbocycles. The van der Waals surface area contributed by atoms with E-state index in [-0.39, 0.29) is 24.5 Å². The molecule has 0 bridgehead atoms. The van der Waals surface area contributed by atoms with Crippen molar-refractivity contribution in [3.8, 4) is 5.75 Å². The first kappa shape index (κ1) is 21.0. The Morgan fingerprint density at radius 2 is 1.91 bits per heavy atom. The van der Waals surface area contributed by atoms with Gasteiger partial charge in [0.1, 0.15) is 11.8 Å². The van der Waals surface area contributed by atoms with Gasteiger partial charge < -0.3 is 15.0 Å². The summed E-state index contributed by atoms with van der Waals surface area (Å²) in [5.74, 6) is 0.916. The van der Waals surface area contributed by atoms with Crippen LogP contribution in [0.5, 0.6) is 5.75 Å². The SMILES string of the molecule is O=C(NC1CCCC1)C1c2c(ccc3ccccc23)OCC(=O)N1CCC1C=CCCC1. The van der Waals surface area contributed by atoms with Crippen molar-refractivity contribution in [3.63, 3.8) is 0 Å². The molecule has 32 heavy (non-hydrogen) atoms. The zero-order valence-corrected chi connectivity index (χ0v) is 18.6. The number of carbonyl (C=O) groups is 2. The molecule has 0 radical (unpaired) electrons. The zero-order valence-electron chi connectivity index (χ0n) is 18.6. The van der Waals surface area contributed by atoms with E-state index in [0.717, 1.165) is 61.3 Å². The second kappa shape index (κ2) is 9.35. The highest BCUT2D eigenvalue weighted by atomic mass is 16.5. The summed E-state index contributed by atoms with van der Waals surface area (Å²) in [7, 11) is 0. The number of ether oxygens (including phenoxy) is 1. The molecule has 168 valence electrons. The van der Waals surface area contributed by atoms with Crippen LogP contribution in [-0.4, -0.2) is 35.9 Å². The van der Waals surface area contributed by atoms with Gasteiger partial charge in [-0.1, -0.05) is 55.3 Å². The summed E-state index contributed by atoms with van der Waals surface area (Å²) >= 11 is 0. The first-order chi connectivity index (χ1) is 15.7. The molecule has 1 aliphatic heterocycles. The molecule has 5 rings (SSSR count). The Bertz CT molecular complexity index is 1020. The number of allylic oxidation sites excluding steroid dienone is 2. The molecule has 5 nitrogen and oxygen atoms in total. The van der Waals surface area contributed by atoms with Crippen LogP contribution in [0, 0.1) is 5.92 Å². The van der Waals surface area contributed by atoms with E-state index in [0.29, 0.717) is 18.2 Å².